The van der Waals surface area contributed by atoms with Gasteiger partial charge in [-0.3, -0.25) is 0 Å². The van der Waals surface area contributed by atoms with Crippen LogP contribution in [-0.4, -0.2) is 13.2 Å². The lowest BCUT2D eigenvalue weighted by Crippen LogP contribution is -2.26. The fraction of sp³-hybridized carbons (Fsp3) is 0.333. The zero-order valence-electron chi connectivity index (χ0n) is 12.5. The molecule has 0 saturated carbocycles. The van der Waals surface area contributed by atoms with Gasteiger partial charge in [0.15, 0.2) is 11.5 Å². The van der Waals surface area contributed by atoms with E-state index < -0.39 is 0 Å². The Kier molecular flexibility index (Phi) is 3.74. The van der Waals surface area contributed by atoms with Crippen LogP contribution in [0.2, 0.25) is 0 Å². The molecule has 0 radical (unpaired) electrons. The number of benzene rings is 2. The third-order valence-electron chi connectivity index (χ3n) is 3.39. The lowest BCUT2D eigenvalue weighted by atomic mass is 9.97. The van der Waals surface area contributed by atoms with Crippen molar-refractivity contribution in [1.29, 1.82) is 0 Å². The van der Waals surface area contributed by atoms with Crippen molar-refractivity contribution in [1.82, 2.24) is 0 Å². The highest BCUT2D eigenvalue weighted by molar-refractivity contribution is 5.43. The molecule has 0 fully saturated rings. The number of fused-ring (bicyclic) bond motifs is 1. The van der Waals surface area contributed by atoms with Crippen LogP contribution in [0.5, 0.6) is 17.2 Å². The molecule has 0 amide bonds. The molecule has 1 aliphatic rings. The maximum Gasteiger partial charge on any atom is 0.161 e. The number of para-hydroxylation sites is 1. The van der Waals surface area contributed by atoms with Crippen LogP contribution in [0.25, 0.3) is 0 Å². The van der Waals surface area contributed by atoms with Gasteiger partial charge >= 0.3 is 0 Å². The molecule has 1 heterocycles. The summed E-state index contributed by atoms with van der Waals surface area (Å²) in [5.74, 6) is 2.48. The predicted octanol–water partition coefficient (Wildman–Crippen LogP) is 4.06. The van der Waals surface area contributed by atoms with E-state index in [2.05, 4.69) is 13.8 Å². The van der Waals surface area contributed by atoms with Gasteiger partial charge in [-0.05, 0) is 29.8 Å². The first-order chi connectivity index (χ1) is 10.1. The summed E-state index contributed by atoms with van der Waals surface area (Å²) >= 11 is 0. The van der Waals surface area contributed by atoms with Gasteiger partial charge < -0.3 is 14.2 Å². The van der Waals surface area contributed by atoms with Gasteiger partial charge in [-0.1, -0.05) is 38.1 Å². The minimum atomic E-state index is 0.0275. The number of rotatable bonds is 3. The summed E-state index contributed by atoms with van der Waals surface area (Å²) in [4.78, 5) is 0. The van der Waals surface area contributed by atoms with Crippen molar-refractivity contribution >= 4 is 0 Å². The van der Waals surface area contributed by atoms with Crippen LogP contribution in [0, 0.1) is 5.41 Å². The summed E-state index contributed by atoms with van der Waals surface area (Å²) in [5.41, 5.74) is 1.10. The van der Waals surface area contributed by atoms with Gasteiger partial charge in [0.25, 0.3) is 0 Å². The molecule has 3 heteroatoms. The van der Waals surface area contributed by atoms with E-state index in [9.17, 15) is 0 Å². The van der Waals surface area contributed by atoms with Crippen LogP contribution >= 0.6 is 0 Å². The summed E-state index contributed by atoms with van der Waals surface area (Å²) in [6, 6.07) is 15.8. The van der Waals surface area contributed by atoms with Gasteiger partial charge in [0, 0.05) is 5.41 Å². The van der Waals surface area contributed by atoms with Gasteiger partial charge in [0.2, 0.25) is 0 Å². The van der Waals surface area contributed by atoms with Gasteiger partial charge in [-0.2, -0.15) is 0 Å². The van der Waals surface area contributed by atoms with Crippen LogP contribution in [0.4, 0.5) is 0 Å². The molecule has 2 aromatic rings. The van der Waals surface area contributed by atoms with E-state index in [0.717, 1.165) is 22.8 Å². The van der Waals surface area contributed by atoms with Gasteiger partial charge in [0.1, 0.15) is 12.4 Å². The molecule has 3 rings (SSSR count). The van der Waals surface area contributed by atoms with Crippen molar-refractivity contribution in [2.75, 3.05) is 13.2 Å². The quantitative estimate of drug-likeness (QED) is 0.850. The molecule has 0 spiro atoms. The van der Waals surface area contributed by atoms with Crippen LogP contribution in [-0.2, 0) is 6.61 Å². The second-order valence-corrected chi connectivity index (χ2v) is 6.12. The fourth-order valence-corrected chi connectivity index (χ4v) is 2.15. The Morgan fingerprint density at radius 2 is 1.67 bits per heavy atom. The molecule has 1 aliphatic heterocycles. The van der Waals surface area contributed by atoms with Crippen LogP contribution in [0.15, 0.2) is 48.5 Å². The molecule has 0 saturated heterocycles. The summed E-state index contributed by atoms with van der Waals surface area (Å²) in [5, 5.41) is 0. The first-order valence-corrected chi connectivity index (χ1v) is 7.19. The van der Waals surface area contributed by atoms with Crippen LogP contribution in [0.3, 0.4) is 0 Å². The molecule has 21 heavy (non-hydrogen) atoms. The zero-order chi connectivity index (χ0) is 14.7. The summed E-state index contributed by atoms with van der Waals surface area (Å²) < 4.78 is 17.5. The lowest BCUT2D eigenvalue weighted by molar-refractivity contribution is 0.140. The standard InChI is InChI=1S/C18H20O3/c1-18(2)12-20-16-9-8-14(10-17(16)21-13-18)11-19-15-6-4-3-5-7-15/h3-10H,11-13H2,1-2H3. The molecule has 0 aromatic heterocycles. The van der Waals surface area contributed by atoms with Crippen molar-refractivity contribution < 1.29 is 14.2 Å². The SMILES string of the molecule is CC1(C)COc2ccc(COc3ccccc3)cc2OC1. The monoisotopic (exact) mass is 284 g/mol. The normalized spacial score (nSPS) is 16.1. The number of hydrogen-bond donors (Lipinski definition) is 0. The highest BCUT2D eigenvalue weighted by Crippen LogP contribution is 2.34. The number of ether oxygens (including phenoxy) is 3. The Hall–Kier alpha value is -2.16. The van der Waals surface area contributed by atoms with Crippen LogP contribution in [0.1, 0.15) is 19.4 Å². The van der Waals surface area contributed by atoms with E-state index in [1.807, 2.05) is 48.5 Å². The van der Waals surface area contributed by atoms with E-state index in [-0.39, 0.29) is 5.41 Å². The first-order valence-electron chi connectivity index (χ1n) is 7.19. The third-order valence-corrected chi connectivity index (χ3v) is 3.39. The Labute approximate surface area is 125 Å². The van der Waals surface area contributed by atoms with E-state index >= 15 is 0 Å². The summed E-state index contributed by atoms with van der Waals surface area (Å²) in [6.45, 7) is 6.11. The van der Waals surface area contributed by atoms with Gasteiger partial charge in [-0.15, -0.1) is 0 Å². The number of hydrogen-bond acceptors (Lipinski definition) is 3. The molecule has 0 N–H and O–H groups in total. The van der Waals surface area contributed by atoms with Crippen molar-refractivity contribution in [3.8, 4) is 17.2 Å². The highest BCUT2D eigenvalue weighted by Gasteiger charge is 2.25. The van der Waals surface area contributed by atoms with Gasteiger partial charge in [0.05, 0.1) is 13.2 Å². The van der Waals surface area contributed by atoms with Crippen LogP contribution < -0.4 is 14.2 Å². The van der Waals surface area contributed by atoms with Gasteiger partial charge in [-0.25, -0.2) is 0 Å². The molecule has 0 atom stereocenters. The Bertz CT molecular complexity index is 605. The molecule has 3 nitrogen and oxygen atoms in total. The lowest BCUT2D eigenvalue weighted by Gasteiger charge is -2.19. The van der Waals surface area contributed by atoms with Crippen molar-refractivity contribution in [2.24, 2.45) is 5.41 Å². The largest absolute Gasteiger partial charge is 0.489 e. The minimum absolute atomic E-state index is 0.0275. The smallest absolute Gasteiger partial charge is 0.161 e. The maximum absolute atomic E-state index is 5.88. The van der Waals surface area contributed by atoms with E-state index in [1.165, 1.54) is 0 Å². The third kappa shape index (κ3) is 3.48. The Balaban J connectivity index is 1.70. The second kappa shape index (κ2) is 5.68. The van der Waals surface area contributed by atoms with Crippen molar-refractivity contribution in [3.05, 3.63) is 54.1 Å². The zero-order valence-corrected chi connectivity index (χ0v) is 12.5. The first kappa shape index (κ1) is 13.8. The molecule has 110 valence electrons. The average molecular weight is 284 g/mol. The van der Waals surface area contributed by atoms with Crippen molar-refractivity contribution in [2.45, 2.75) is 20.5 Å². The molecule has 0 bridgehead atoms. The molecular weight excluding hydrogens is 264 g/mol. The van der Waals surface area contributed by atoms with E-state index in [4.69, 9.17) is 14.2 Å². The average Bonchev–Trinajstić information content (AvgIpc) is 2.65. The fourth-order valence-electron chi connectivity index (χ4n) is 2.15. The topological polar surface area (TPSA) is 27.7 Å². The summed E-state index contributed by atoms with van der Waals surface area (Å²) in [7, 11) is 0. The second-order valence-electron chi connectivity index (χ2n) is 6.12. The predicted molar refractivity (Wildman–Crippen MR) is 82.0 cm³/mol. The van der Waals surface area contributed by atoms with E-state index in [1.54, 1.807) is 0 Å². The Morgan fingerprint density at radius 1 is 0.952 bits per heavy atom. The maximum atomic E-state index is 5.88. The van der Waals surface area contributed by atoms with Crippen molar-refractivity contribution in [3.63, 3.8) is 0 Å². The van der Waals surface area contributed by atoms with E-state index in [0.29, 0.717) is 19.8 Å². The molecular formula is C18H20O3. The molecule has 0 unspecified atom stereocenters. The molecule has 0 aliphatic carbocycles. The Morgan fingerprint density at radius 3 is 2.43 bits per heavy atom. The molecule has 2 aromatic carbocycles. The minimum Gasteiger partial charge on any atom is -0.489 e. The highest BCUT2D eigenvalue weighted by atomic mass is 16.5. The summed E-state index contributed by atoms with van der Waals surface area (Å²) in [6.07, 6.45) is 0.